The molecule has 4 nitrogen and oxygen atoms in total. The Balaban J connectivity index is 1.93. The number of anilines is 1. The summed E-state index contributed by atoms with van der Waals surface area (Å²) in [5.41, 5.74) is 2.01. The number of aromatic nitrogens is 1. The first kappa shape index (κ1) is 17.0. The van der Waals surface area contributed by atoms with Crippen molar-refractivity contribution in [3.63, 3.8) is 0 Å². The molecule has 124 valence electrons. The molecular formula is C17H14Cl2N2O2S. The highest BCUT2D eigenvalue weighted by atomic mass is 35.5. The first-order valence-electron chi connectivity index (χ1n) is 7.35. The molecule has 0 aliphatic heterocycles. The Morgan fingerprint density at radius 1 is 1.33 bits per heavy atom. The Morgan fingerprint density at radius 3 is 2.83 bits per heavy atom. The van der Waals surface area contributed by atoms with Crippen molar-refractivity contribution in [2.45, 2.75) is 13.3 Å². The minimum Gasteiger partial charge on any atom is -0.472 e. The number of hydrogen-bond donors (Lipinski definition) is 0. The van der Waals surface area contributed by atoms with Gasteiger partial charge in [0.1, 0.15) is 6.26 Å². The fourth-order valence-electron chi connectivity index (χ4n) is 2.26. The second-order valence-corrected chi connectivity index (χ2v) is 6.79. The quantitative estimate of drug-likeness (QED) is 0.564. The van der Waals surface area contributed by atoms with E-state index in [-0.39, 0.29) is 5.91 Å². The molecule has 0 saturated heterocycles. The topological polar surface area (TPSA) is 46.3 Å². The minimum atomic E-state index is -0.131. The summed E-state index contributed by atoms with van der Waals surface area (Å²) in [6.07, 6.45) is 3.74. The van der Waals surface area contributed by atoms with Crippen LogP contribution in [0.2, 0.25) is 10.0 Å². The van der Waals surface area contributed by atoms with Gasteiger partial charge in [-0.1, -0.05) is 30.1 Å². The molecule has 0 bridgehead atoms. The Labute approximate surface area is 153 Å². The Bertz CT molecular complexity index is 846. The van der Waals surface area contributed by atoms with E-state index in [1.807, 2.05) is 18.4 Å². The molecule has 0 aliphatic rings. The van der Waals surface area contributed by atoms with Gasteiger partial charge in [0, 0.05) is 22.5 Å². The highest BCUT2D eigenvalue weighted by Crippen LogP contribution is 2.34. The Morgan fingerprint density at radius 2 is 2.17 bits per heavy atom. The van der Waals surface area contributed by atoms with Gasteiger partial charge in [0.25, 0.3) is 5.91 Å². The molecule has 0 spiro atoms. The van der Waals surface area contributed by atoms with Crippen molar-refractivity contribution in [2.75, 3.05) is 11.4 Å². The fraction of sp³-hybridized carbons (Fsp3) is 0.176. The van der Waals surface area contributed by atoms with Crippen LogP contribution in [-0.4, -0.2) is 17.4 Å². The van der Waals surface area contributed by atoms with E-state index >= 15 is 0 Å². The van der Waals surface area contributed by atoms with E-state index in [2.05, 4.69) is 4.98 Å². The number of furan rings is 1. The summed E-state index contributed by atoms with van der Waals surface area (Å²) in [5, 5.41) is 3.61. The highest BCUT2D eigenvalue weighted by molar-refractivity contribution is 7.14. The average molecular weight is 381 g/mol. The molecule has 24 heavy (non-hydrogen) atoms. The number of halogens is 2. The lowest BCUT2D eigenvalue weighted by Gasteiger charge is -2.18. The van der Waals surface area contributed by atoms with Crippen LogP contribution in [0.1, 0.15) is 23.7 Å². The van der Waals surface area contributed by atoms with Crippen LogP contribution in [0.4, 0.5) is 5.13 Å². The summed E-state index contributed by atoms with van der Waals surface area (Å²) in [4.78, 5) is 18.9. The highest BCUT2D eigenvalue weighted by Gasteiger charge is 2.21. The lowest BCUT2D eigenvalue weighted by Crippen LogP contribution is -2.31. The summed E-state index contributed by atoms with van der Waals surface area (Å²) in [5.74, 6) is -0.131. The Kier molecular flexibility index (Phi) is 5.23. The maximum Gasteiger partial charge on any atom is 0.263 e. The third kappa shape index (κ3) is 3.48. The van der Waals surface area contributed by atoms with Gasteiger partial charge in [0.05, 0.1) is 22.5 Å². The van der Waals surface area contributed by atoms with Crippen LogP contribution in [-0.2, 0) is 0 Å². The van der Waals surface area contributed by atoms with Crippen LogP contribution in [0.3, 0.4) is 0 Å². The zero-order valence-electron chi connectivity index (χ0n) is 12.8. The molecule has 0 radical (unpaired) electrons. The predicted molar refractivity (Wildman–Crippen MR) is 98.2 cm³/mol. The van der Waals surface area contributed by atoms with Crippen LogP contribution in [0, 0.1) is 0 Å². The number of nitrogens with zero attached hydrogens (tertiary/aromatic N) is 2. The SMILES string of the molecule is CCCN(C(=O)c1ccoc1)c1nc(-c2ccc(Cl)cc2Cl)cs1. The van der Waals surface area contributed by atoms with Crippen LogP contribution < -0.4 is 4.90 Å². The van der Waals surface area contributed by atoms with Crippen LogP contribution in [0.25, 0.3) is 11.3 Å². The third-order valence-electron chi connectivity index (χ3n) is 3.39. The molecule has 0 atom stereocenters. The van der Waals surface area contributed by atoms with Crippen molar-refractivity contribution >= 4 is 45.6 Å². The van der Waals surface area contributed by atoms with E-state index in [9.17, 15) is 4.79 Å². The van der Waals surface area contributed by atoms with E-state index < -0.39 is 0 Å². The van der Waals surface area contributed by atoms with Crippen molar-refractivity contribution in [3.8, 4) is 11.3 Å². The lowest BCUT2D eigenvalue weighted by molar-refractivity contribution is 0.0986. The molecule has 0 aliphatic carbocycles. The molecule has 2 heterocycles. The van der Waals surface area contributed by atoms with Gasteiger partial charge in [0.15, 0.2) is 5.13 Å². The summed E-state index contributed by atoms with van der Waals surface area (Å²) in [6, 6.07) is 6.92. The van der Waals surface area contributed by atoms with E-state index in [0.29, 0.717) is 27.3 Å². The third-order valence-corrected chi connectivity index (χ3v) is 4.80. The molecule has 2 aromatic heterocycles. The molecule has 0 saturated carbocycles. The number of carbonyl (C=O) groups is 1. The number of thiazole rings is 1. The van der Waals surface area contributed by atoms with Gasteiger partial charge in [0.2, 0.25) is 0 Å². The average Bonchev–Trinajstić information content (AvgIpc) is 3.23. The van der Waals surface area contributed by atoms with Crippen molar-refractivity contribution in [1.82, 2.24) is 4.98 Å². The molecular weight excluding hydrogens is 367 g/mol. The van der Waals surface area contributed by atoms with Crippen LogP contribution in [0.5, 0.6) is 0 Å². The smallest absolute Gasteiger partial charge is 0.263 e. The number of amides is 1. The standard InChI is InChI=1S/C17H14Cl2N2O2S/c1-2-6-21(16(22)11-5-7-23-9-11)17-20-15(10-24-17)13-4-3-12(18)8-14(13)19/h3-5,7-10H,2,6H2,1H3. The normalized spacial score (nSPS) is 10.8. The van der Waals surface area contributed by atoms with Gasteiger partial charge in [-0.3, -0.25) is 9.69 Å². The summed E-state index contributed by atoms with van der Waals surface area (Å²) < 4.78 is 5.01. The van der Waals surface area contributed by atoms with E-state index in [1.165, 1.54) is 23.9 Å². The van der Waals surface area contributed by atoms with Gasteiger partial charge >= 0.3 is 0 Å². The van der Waals surface area contributed by atoms with Gasteiger partial charge in [-0.15, -0.1) is 11.3 Å². The van der Waals surface area contributed by atoms with Gasteiger partial charge in [-0.2, -0.15) is 0 Å². The van der Waals surface area contributed by atoms with Crippen LogP contribution in [0.15, 0.2) is 46.6 Å². The molecule has 0 unspecified atom stereocenters. The largest absolute Gasteiger partial charge is 0.472 e. The van der Waals surface area contributed by atoms with E-state index in [1.54, 1.807) is 23.1 Å². The zero-order chi connectivity index (χ0) is 17.1. The number of benzene rings is 1. The molecule has 3 rings (SSSR count). The summed E-state index contributed by atoms with van der Waals surface area (Å²) in [7, 11) is 0. The summed E-state index contributed by atoms with van der Waals surface area (Å²) in [6.45, 7) is 2.59. The van der Waals surface area contributed by atoms with E-state index in [4.69, 9.17) is 27.6 Å². The lowest BCUT2D eigenvalue weighted by atomic mass is 10.2. The first-order valence-corrected chi connectivity index (χ1v) is 8.98. The fourth-order valence-corrected chi connectivity index (χ4v) is 3.61. The van der Waals surface area contributed by atoms with Crippen molar-refractivity contribution < 1.29 is 9.21 Å². The van der Waals surface area contributed by atoms with Crippen molar-refractivity contribution in [2.24, 2.45) is 0 Å². The summed E-state index contributed by atoms with van der Waals surface area (Å²) >= 11 is 13.6. The maximum atomic E-state index is 12.6. The Hall–Kier alpha value is -1.82. The van der Waals surface area contributed by atoms with Gasteiger partial charge < -0.3 is 4.42 Å². The van der Waals surface area contributed by atoms with E-state index in [0.717, 1.165) is 17.7 Å². The minimum absolute atomic E-state index is 0.131. The molecule has 7 heteroatoms. The van der Waals surface area contributed by atoms with Crippen LogP contribution >= 0.6 is 34.5 Å². The molecule has 0 N–H and O–H groups in total. The molecule has 1 amide bonds. The first-order chi connectivity index (χ1) is 11.6. The van der Waals surface area contributed by atoms with Gasteiger partial charge in [-0.05, 0) is 30.7 Å². The van der Waals surface area contributed by atoms with Crippen molar-refractivity contribution in [3.05, 3.63) is 57.8 Å². The predicted octanol–water partition coefficient (Wildman–Crippen LogP) is 5.77. The monoisotopic (exact) mass is 380 g/mol. The number of hydrogen-bond acceptors (Lipinski definition) is 4. The molecule has 1 aromatic carbocycles. The van der Waals surface area contributed by atoms with Crippen molar-refractivity contribution in [1.29, 1.82) is 0 Å². The second kappa shape index (κ2) is 7.38. The molecule has 3 aromatic rings. The maximum absolute atomic E-state index is 12.6. The zero-order valence-corrected chi connectivity index (χ0v) is 15.2. The van der Waals surface area contributed by atoms with Gasteiger partial charge in [-0.25, -0.2) is 4.98 Å². The number of carbonyl (C=O) groups excluding carboxylic acids is 1. The second-order valence-electron chi connectivity index (χ2n) is 5.11. The molecule has 0 fully saturated rings. The number of rotatable bonds is 5.